The van der Waals surface area contributed by atoms with E-state index in [1.807, 2.05) is 0 Å². The van der Waals surface area contributed by atoms with Crippen molar-refractivity contribution in [3.63, 3.8) is 0 Å². The van der Waals surface area contributed by atoms with E-state index < -0.39 is 11.6 Å². The molecule has 4 heterocycles. The van der Waals surface area contributed by atoms with Crippen LogP contribution in [0.5, 0.6) is 0 Å². The summed E-state index contributed by atoms with van der Waals surface area (Å²) in [6.07, 6.45) is 7.47. The number of pyridine rings is 1. The highest BCUT2D eigenvalue weighted by atomic mass is 19.1. The number of piperazine rings is 1. The number of piperidine rings is 1. The molecule has 2 aliphatic rings. The molecule has 27 heavy (non-hydrogen) atoms. The lowest BCUT2D eigenvalue weighted by molar-refractivity contribution is 0.242. The highest BCUT2D eigenvalue weighted by molar-refractivity contribution is 5.50. The van der Waals surface area contributed by atoms with Crippen molar-refractivity contribution in [3.05, 3.63) is 42.0 Å². The van der Waals surface area contributed by atoms with Crippen molar-refractivity contribution in [1.82, 2.24) is 19.9 Å². The van der Waals surface area contributed by atoms with Crippen LogP contribution in [0.2, 0.25) is 0 Å². The van der Waals surface area contributed by atoms with E-state index in [4.69, 9.17) is 0 Å². The molecule has 0 spiro atoms. The summed E-state index contributed by atoms with van der Waals surface area (Å²) in [6.45, 7) is 5.35. The van der Waals surface area contributed by atoms with Crippen LogP contribution in [0, 0.1) is 11.6 Å². The first kappa shape index (κ1) is 18.0. The van der Waals surface area contributed by atoms with Gasteiger partial charge in [0.2, 0.25) is 0 Å². The summed E-state index contributed by atoms with van der Waals surface area (Å²) in [6, 6.07) is 2.06. The Bertz CT molecular complexity index is 752. The molecule has 2 fully saturated rings. The third kappa shape index (κ3) is 4.16. The number of hydrogen-bond donors (Lipinski definition) is 0. The quantitative estimate of drug-likeness (QED) is 0.819. The fourth-order valence-electron chi connectivity index (χ4n) is 3.75. The average Bonchev–Trinajstić information content (AvgIpc) is 2.72. The summed E-state index contributed by atoms with van der Waals surface area (Å²) in [7, 11) is 0. The van der Waals surface area contributed by atoms with Gasteiger partial charge in [-0.2, -0.15) is 0 Å². The topological polar surface area (TPSA) is 48.4 Å². The molecule has 2 aliphatic heterocycles. The van der Waals surface area contributed by atoms with E-state index in [1.54, 1.807) is 6.33 Å². The minimum Gasteiger partial charge on any atom is -0.356 e. The molecule has 2 aromatic heterocycles. The van der Waals surface area contributed by atoms with Gasteiger partial charge in [-0.15, -0.1) is 0 Å². The van der Waals surface area contributed by atoms with E-state index >= 15 is 0 Å². The van der Waals surface area contributed by atoms with Crippen molar-refractivity contribution in [2.75, 3.05) is 49.1 Å². The molecule has 2 saturated heterocycles. The largest absolute Gasteiger partial charge is 0.356 e. The first-order chi connectivity index (χ1) is 13.2. The normalized spacial score (nSPS) is 18.7. The van der Waals surface area contributed by atoms with Gasteiger partial charge in [0.25, 0.3) is 0 Å². The second-order valence-electron chi connectivity index (χ2n) is 7.13. The summed E-state index contributed by atoms with van der Waals surface area (Å²) < 4.78 is 27.6. The van der Waals surface area contributed by atoms with E-state index in [0.29, 0.717) is 0 Å². The van der Waals surface area contributed by atoms with Gasteiger partial charge < -0.3 is 9.80 Å². The van der Waals surface area contributed by atoms with Gasteiger partial charge in [0, 0.05) is 57.4 Å². The molecule has 0 aliphatic carbocycles. The van der Waals surface area contributed by atoms with Crippen molar-refractivity contribution in [2.24, 2.45) is 0 Å². The zero-order valence-corrected chi connectivity index (χ0v) is 15.3. The molecule has 0 unspecified atom stereocenters. The Morgan fingerprint density at radius 3 is 2.00 bits per heavy atom. The number of anilines is 2. The molecule has 6 nitrogen and oxygen atoms in total. The molecular weight excluding hydrogens is 350 g/mol. The first-order valence-corrected chi connectivity index (χ1v) is 9.53. The predicted molar refractivity (Wildman–Crippen MR) is 99.7 cm³/mol. The fourth-order valence-corrected chi connectivity index (χ4v) is 3.75. The molecule has 4 rings (SSSR count). The number of aromatic nitrogens is 3. The van der Waals surface area contributed by atoms with Crippen molar-refractivity contribution >= 4 is 11.6 Å². The van der Waals surface area contributed by atoms with Crippen LogP contribution in [0.4, 0.5) is 20.4 Å². The number of rotatable bonds is 4. The Morgan fingerprint density at radius 2 is 1.37 bits per heavy atom. The van der Waals surface area contributed by atoms with Gasteiger partial charge in [0.05, 0.1) is 12.4 Å². The SMILES string of the molecule is Fc1cncc(F)c1CN1CCN(c2cc(N3CCCCC3)ncn2)CC1. The third-order valence-electron chi connectivity index (χ3n) is 5.35. The number of hydrogen-bond acceptors (Lipinski definition) is 6. The van der Waals surface area contributed by atoms with Crippen molar-refractivity contribution < 1.29 is 8.78 Å². The van der Waals surface area contributed by atoms with Crippen molar-refractivity contribution in [2.45, 2.75) is 25.8 Å². The molecule has 8 heteroatoms. The number of halogens is 2. The predicted octanol–water partition coefficient (Wildman–Crippen LogP) is 2.46. The summed E-state index contributed by atoms with van der Waals surface area (Å²) >= 11 is 0. The zero-order valence-electron chi connectivity index (χ0n) is 15.3. The zero-order chi connectivity index (χ0) is 18.6. The maximum atomic E-state index is 13.8. The van der Waals surface area contributed by atoms with Crippen molar-refractivity contribution in [3.8, 4) is 0 Å². The van der Waals surface area contributed by atoms with Crippen molar-refractivity contribution in [1.29, 1.82) is 0 Å². The van der Waals surface area contributed by atoms with Gasteiger partial charge in [0.1, 0.15) is 29.6 Å². The van der Waals surface area contributed by atoms with E-state index in [9.17, 15) is 8.78 Å². The van der Waals surface area contributed by atoms with Crippen LogP contribution in [0.1, 0.15) is 24.8 Å². The highest BCUT2D eigenvalue weighted by Gasteiger charge is 2.22. The van der Waals surface area contributed by atoms with Gasteiger partial charge in [-0.1, -0.05) is 0 Å². The molecule has 0 amide bonds. The van der Waals surface area contributed by atoms with Gasteiger partial charge in [-0.05, 0) is 19.3 Å². The smallest absolute Gasteiger partial charge is 0.148 e. The van der Waals surface area contributed by atoms with E-state index in [0.717, 1.165) is 63.3 Å². The molecule has 2 aromatic rings. The average molecular weight is 374 g/mol. The molecule has 144 valence electrons. The maximum absolute atomic E-state index is 13.8. The van der Waals surface area contributed by atoms with Crippen LogP contribution in [-0.4, -0.2) is 59.1 Å². The van der Waals surface area contributed by atoms with Crippen LogP contribution < -0.4 is 9.80 Å². The lowest BCUT2D eigenvalue weighted by Crippen LogP contribution is -2.46. The maximum Gasteiger partial charge on any atom is 0.148 e. The lowest BCUT2D eigenvalue weighted by atomic mass is 10.1. The third-order valence-corrected chi connectivity index (χ3v) is 5.35. The molecule has 0 radical (unpaired) electrons. The highest BCUT2D eigenvalue weighted by Crippen LogP contribution is 2.22. The molecule has 0 saturated carbocycles. The summed E-state index contributed by atoms with van der Waals surface area (Å²) in [4.78, 5) is 19.0. The minimum absolute atomic E-state index is 0.0906. The van der Waals surface area contributed by atoms with Gasteiger partial charge >= 0.3 is 0 Å². The van der Waals surface area contributed by atoms with Crippen LogP contribution in [-0.2, 0) is 6.54 Å². The van der Waals surface area contributed by atoms with Gasteiger partial charge in [-0.3, -0.25) is 9.88 Å². The monoisotopic (exact) mass is 374 g/mol. The van der Waals surface area contributed by atoms with Crippen LogP contribution in [0.15, 0.2) is 24.8 Å². The Morgan fingerprint density at radius 1 is 0.778 bits per heavy atom. The molecule has 0 aromatic carbocycles. The minimum atomic E-state index is -0.584. The second kappa shape index (κ2) is 8.12. The molecular formula is C19H24F2N6. The first-order valence-electron chi connectivity index (χ1n) is 9.53. The van der Waals surface area contributed by atoms with Gasteiger partial charge in [0.15, 0.2) is 0 Å². The van der Waals surface area contributed by atoms with E-state index in [-0.39, 0.29) is 12.1 Å². The fraction of sp³-hybridized carbons (Fsp3) is 0.526. The van der Waals surface area contributed by atoms with Crippen LogP contribution >= 0.6 is 0 Å². The summed E-state index contributed by atoms with van der Waals surface area (Å²) in [5.74, 6) is 0.744. The van der Waals surface area contributed by atoms with E-state index in [2.05, 4.69) is 35.7 Å². The molecule has 0 N–H and O–H groups in total. The summed E-state index contributed by atoms with van der Waals surface area (Å²) in [5, 5.41) is 0. The Labute approximate surface area is 157 Å². The Balaban J connectivity index is 1.38. The second-order valence-corrected chi connectivity index (χ2v) is 7.13. The number of nitrogens with zero attached hydrogens (tertiary/aromatic N) is 6. The molecule has 0 atom stereocenters. The Kier molecular flexibility index (Phi) is 5.42. The van der Waals surface area contributed by atoms with Gasteiger partial charge in [-0.25, -0.2) is 18.7 Å². The van der Waals surface area contributed by atoms with E-state index in [1.165, 1.54) is 19.3 Å². The van der Waals surface area contributed by atoms with Crippen LogP contribution in [0.3, 0.4) is 0 Å². The van der Waals surface area contributed by atoms with Crippen LogP contribution in [0.25, 0.3) is 0 Å². The molecule has 0 bridgehead atoms. The standard InChI is InChI=1S/C19H24F2N6/c20-16-11-22-12-17(21)15(16)13-25-6-8-27(9-7-25)19-10-18(23-14-24-19)26-4-2-1-3-5-26/h10-12,14H,1-9,13H2. The Hall–Kier alpha value is -2.35. The summed E-state index contributed by atoms with van der Waals surface area (Å²) in [5.41, 5.74) is 0.0906. The lowest BCUT2D eigenvalue weighted by Gasteiger charge is -2.36.